The fraction of sp³-hybridized carbons (Fsp3) is 1.00. The zero-order valence-corrected chi connectivity index (χ0v) is 7.72. The van der Waals surface area contributed by atoms with Crippen LogP contribution in [0.4, 0.5) is 0 Å². The lowest BCUT2D eigenvalue weighted by Gasteiger charge is -2.22. The van der Waals surface area contributed by atoms with E-state index in [1.54, 1.807) is 0 Å². The molecule has 1 aliphatic heterocycles. The normalized spacial score (nSPS) is 40.8. The van der Waals surface area contributed by atoms with Crippen LogP contribution in [0.25, 0.3) is 0 Å². The smallest absolute Gasteiger partial charge is 0.402 e. The molecule has 0 aromatic carbocycles. The fourth-order valence-corrected chi connectivity index (χ4v) is 1.32. The summed E-state index contributed by atoms with van der Waals surface area (Å²) in [7, 11) is -2.04. The van der Waals surface area contributed by atoms with Gasteiger partial charge < -0.3 is 39.9 Å². The Labute approximate surface area is 85.5 Å². The predicted molar refractivity (Wildman–Crippen MR) is 45.1 cm³/mol. The van der Waals surface area contributed by atoms with Gasteiger partial charge in [0.1, 0.15) is 18.3 Å². The maximum atomic E-state index is 9.41. The van der Waals surface area contributed by atoms with Gasteiger partial charge in [-0.25, -0.2) is 0 Å². The first-order valence-corrected chi connectivity index (χ1v) is 4.25. The third-order valence-electron chi connectivity index (χ3n) is 2.16. The Morgan fingerprint density at radius 1 is 1.33 bits per heavy atom. The molecular weight excluding hydrogens is 211 g/mol. The van der Waals surface area contributed by atoms with Crippen LogP contribution < -0.4 is 0 Å². The standard InChI is InChI=1S/C6H13BO8/c8-2-6(11)5(10)4(9)3(15-6)1-14-7(12)13/h3-5,8-13H,1-2H2/t3-,4-,5+,6-/m0/s1. The number of aliphatic hydroxyl groups is 4. The number of aliphatic hydroxyl groups excluding tert-OH is 3. The largest absolute Gasteiger partial charge is 0.633 e. The molecule has 0 spiro atoms. The Balaban J connectivity index is 2.55. The van der Waals surface area contributed by atoms with Crippen molar-refractivity contribution < 1.29 is 39.9 Å². The van der Waals surface area contributed by atoms with Crippen LogP contribution >= 0.6 is 0 Å². The van der Waals surface area contributed by atoms with Gasteiger partial charge in [-0.3, -0.25) is 0 Å². The third-order valence-corrected chi connectivity index (χ3v) is 2.16. The minimum atomic E-state index is -2.26. The first-order chi connectivity index (χ1) is 6.90. The predicted octanol–water partition coefficient (Wildman–Crippen LogP) is -4.23. The van der Waals surface area contributed by atoms with Crippen LogP contribution in [0, 0.1) is 0 Å². The van der Waals surface area contributed by atoms with Gasteiger partial charge in [-0.15, -0.1) is 0 Å². The SMILES string of the molecule is OC[C@]1(O)O[C@@H](COB(O)O)[C@H](O)[C@H]1O. The zero-order chi connectivity index (χ0) is 11.6. The molecule has 0 saturated carbocycles. The summed E-state index contributed by atoms with van der Waals surface area (Å²) in [6.07, 6.45) is -4.33. The molecule has 6 N–H and O–H groups in total. The van der Waals surface area contributed by atoms with Crippen LogP contribution in [0.5, 0.6) is 0 Å². The van der Waals surface area contributed by atoms with E-state index in [9.17, 15) is 15.3 Å². The van der Waals surface area contributed by atoms with Gasteiger partial charge in [-0.2, -0.15) is 0 Å². The van der Waals surface area contributed by atoms with Gasteiger partial charge in [0.2, 0.25) is 5.79 Å². The van der Waals surface area contributed by atoms with Crippen LogP contribution in [0.1, 0.15) is 0 Å². The molecule has 0 aliphatic carbocycles. The molecule has 0 aromatic rings. The molecule has 4 atom stereocenters. The first kappa shape index (κ1) is 12.8. The highest BCUT2D eigenvalue weighted by Crippen LogP contribution is 2.28. The van der Waals surface area contributed by atoms with E-state index in [2.05, 4.69) is 4.65 Å². The number of ether oxygens (including phenoxy) is 1. The van der Waals surface area contributed by atoms with Gasteiger partial charge in [0.25, 0.3) is 0 Å². The summed E-state index contributed by atoms with van der Waals surface area (Å²) in [6, 6.07) is 0. The van der Waals surface area contributed by atoms with Crippen molar-refractivity contribution in [2.75, 3.05) is 13.2 Å². The fourth-order valence-electron chi connectivity index (χ4n) is 1.32. The van der Waals surface area contributed by atoms with Crippen LogP contribution in [0.15, 0.2) is 0 Å². The molecule has 1 aliphatic rings. The van der Waals surface area contributed by atoms with Crippen molar-refractivity contribution >= 4 is 7.32 Å². The topological polar surface area (TPSA) is 140 Å². The van der Waals surface area contributed by atoms with Crippen molar-refractivity contribution in [1.29, 1.82) is 0 Å². The maximum absolute atomic E-state index is 9.41. The van der Waals surface area contributed by atoms with Crippen LogP contribution in [-0.4, -0.2) is 75.1 Å². The number of hydrogen-bond acceptors (Lipinski definition) is 8. The van der Waals surface area contributed by atoms with Crippen LogP contribution in [0.2, 0.25) is 0 Å². The lowest BCUT2D eigenvalue weighted by Crippen LogP contribution is -2.46. The second kappa shape index (κ2) is 4.72. The van der Waals surface area contributed by atoms with Crippen molar-refractivity contribution in [2.45, 2.75) is 24.1 Å². The lowest BCUT2D eigenvalue weighted by atomic mass is 10.1. The summed E-state index contributed by atoms with van der Waals surface area (Å²) >= 11 is 0. The van der Waals surface area contributed by atoms with E-state index in [0.717, 1.165) is 0 Å². The summed E-state index contributed by atoms with van der Waals surface area (Å²) in [5, 5.41) is 53.5. The lowest BCUT2D eigenvalue weighted by molar-refractivity contribution is -0.247. The van der Waals surface area contributed by atoms with Gasteiger partial charge in [0, 0.05) is 0 Å². The molecule has 1 saturated heterocycles. The van der Waals surface area contributed by atoms with E-state index in [1.807, 2.05) is 0 Å². The number of rotatable bonds is 4. The highest BCUT2D eigenvalue weighted by molar-refractivity contribution is 6.32. The summed E-state index contributed by atoms with van der Waals surface area (Å²) in [5.74, 6) is -2.26. The average molecular weight is 224 g/mol. The molecular formula is C6H13BO8. The van der Waals surface area contributed by atoms with Crippen molar-refractivity contribution in [3.63, 3.8) is 0 Å². The Morgan fingerprint density at radius 3 is 2.33 bits per heavy atom. The van der Waals surface area contributed by atoms with E-state index >= 15 is 0 Å². The van der Waals surface area contributed by atoms with Gasteiger partial charge >= 0.3 is 7.32 Å². The highest BCUT2D eigenvalue weighted by atomic mass is 16.7. The Morgan fingerprint density at radius 2 is 1.93 bits per heavy atom. The molecule has 8 nitrogen and oxygen atoms in total. The van der Waals surface area contributed by atoms with E-state index < -0.39 is 44.6 Å². The molecule has 0 amide bonds. The summed E-state index contributed by atoms with van der Waals surface area (Å²) in [5.41, 5.74) is 0. The molecule has 15 heavy (non-hydrogen) atoms. The summed E-state index contributed by atoms with van der Waals surface area (Å²) in [4.78, 5) is 0. The van der Waals surface area contributed by atoms with Gasteiger partial charge in [-0.1, -0.05) is 0 Å². The van der Waals surface area contributed by atoms with Gasteiger partial charge in [-0.05, 0) is 0 Å². The maximum Gasteiger partial charge on any atom is 0.633 e. The third kappa shape index (κ3) is 2.65. The molecule has 1 fully saturated rings. The highest BCUT2D eigenvalue weighted by Gasteiger charge is 2.53. The minimum absolute atomic E-state index is 0.446. The molecule has 0 aromatic heterocycles. The van der Waals surface area contributed by atoms with Gasteiger partial charge in [0.15, 0.2) is 0 Å². The second-order valence-corrected chi connectivity index (χ2v) is 3.25. The van der Waals surface area contributed by atoms with Crippen LogP contribution in [-0.2, 0) is 9.39 Å². The first-order valence-electron chi connectivity index (χ1n) is 4.25. The molecule has 1 rings (SSSR count). The van der Waals surface area contributed by atoms with Crippen LogP contribution in [0.3, 0.4) is 0 Å². The van der Waals surface area contributed by atoms with E-state index in [1.165, 1.54) is 0 Å². The Hall–Kier alpha value is -0.255. The molecule has 0 bridgehead atoms. The molecule has 0 radical (unpaired) electrons. The molecule has 0 unspecified atom stereocenters. The zero-order valence-electron chi connectivity index (χ0n) is 7.72. The number of hydrogen-bond donors (Lipinski definition) is 6. The average Bonchev–Trinajstić information content (AvgIpc) is 2.41. The summed E-state index contributed by atoms with van der Waals surface area (Å²) < 4.78 is 9.04. The van der Waals surface area contributed by atoms with Gasteiger partial charge in [0.05, 0.1) is 13.2 Å². The minimum Gasteiger partial charge on any atom is -0.402 e. The second-order valence-electron chi connectivity index (χ2n) is 3.25. The summed E-state index contributed by atoms with van der Waals surface area (Å²) in [6.45, 7) is -1.35. The molecule has 9 heteroatoms. The van der Waals surface area contributed by atoms with Crippen molar-refractivity contribution in [2.24, 2.45) is 0 Å². The van der Waals surface area contributed by atoms with E-state index in [-0.39, 0.29) is 0 Å². The quantitative estimate of drug-likeness (QED) is 0.264. The Kier molecular flexibility index (Phi) is 4.03. The Bertz CT molecular complexity index is 213. The molecule has 88 valence electrons. The van der Waals surface area contributed by atoms with E-state index in [4.69, 9.17) is 19.9 Å². The monoisotopic (exact) mass is 224 g/mol. The van der Waals surface area contributed by atoms with E-state index in [0.29, 0.717) is 0 Å². The van der Waals surface area contributed by atoms with Crippen molar-refractivity contribution in [3.8, 4) is 0 Å². The van der Waals surface area contributed by atoms with Crippen molar-refractivity contribution in [3.05, 3.63) is 0 Å². The molecule has 1 heterocycles. The van der Waals surface area contributed by atoms with Crippen molar-refractivity contribution in [1.82, 2.24) is 0 Å².